The number of carbonyl (C=O) groups is 1. The molecule has 0 bridgehead atoms. The van der Waals surface area contributed by atoms with Gasteiger partial charge in [0.1, 0.15) is 22.9 Å². The number of hydrogen-bond donors (Lipinski definition) is 2. The summed E-state index contributed by atoms with van der Waals surface area (Å²) in [6.07, 6.45) is -1.30. The molecule has 166 valence electrons. The Morgan fingerprint density at radius 3 is 2.63 bits per heavy atom. The monoisotopic (exact) mass is 438 g/mol. The molecule has 0 saturated carbocycles. The Balaban J connectivity index is 2.60. The van der Waals surface area contributed by atoms with Gasteiger partial charge in [-0.25, -0.2) is 8.42 Å². The maximum Gasteiger partial charge on any atom is 0.247 e. The predicted molar refractivity (Wildman–Crippen MR) is 112 cm³/mol. The van der Waals surface area contributed by atoms with E-state index in [9.17, 15) is 23.4 Å². The van der Waals surface area contributed by atoms with Gasteiger partial charge >= 0.3 is 0 Å². The maximum atomic E-state index is 13.3. The second-order valence-electron chi connectivity index (χ2n) is 7.75. The van der Waals surface area contributed by atoms with Gasteiger partial charge in [0.15, 0.2) is 0 Å². The van der Waals surface area contributed by atoms with Crippen LogP contribution in [0.15, 0.2) is 23.1 Å². The zero-order valence-corrected chi connectivity index (χ0v) is 18.8. The van der Waals surface area contributed by atoms with Crippen LogP contribution in [0, 0.1) is 17.8 Å². The molecule has 4 atom stereocenters. The Morgan fingerprint density at radius 2 is 2.07 bits per heavy atom. The minimum atomic E-state index is -3.93. The second-order valence-corrected chi connectivity index (χ2v) is 9.61. The van der Waals surface area contributed by atoms with E-state index in [0.29, 0.717) is 5.56 Å². The van der Waals surface area contributed by atoms with Crippen molar-refractivity contribution in [2.75, 3.05) is 26.7 Å². The number of likely N-dealkylation sites (N-methyl/N-ethyl adjacent to an activating group) is 1. The number of hydrogen-bond acceptors (Lipinski definition) is 6. The van der Waals surface area contributed by atoms with E-state index in [1.54, 1.807) is 20.0 Å². The lowest BCUT2D eigenvalue weighted by Gasteiger charge is -2.37. The molecule has 2 N–H and O–H groups in total. The topological polar surface area (TPSA) is 107 Å². The zero-order valence-electron chi connectivity index (χ0n) is 18.0. The number of aliphatic hydroxyl groups excluding tert-OH is 2. The van der Waals surface area contributed by atoms with Crippen LogP contribution in [0.4, 0.5) is 0 Å². The third-order valence-corrected chi connectivity index (χ3v) is 7.10. The molecule has 0 fully saturated rings. The summed E-state index contributed by atoms with van der Waals surface area (Å²) in [6, 6.07) is 3.89. The van der Waals surface area contributed by atoms with Crippen molar-refractivity contribution in [2.24, 2.45) is 5.92 Å². The minimum absolute atomic E-state index is 0.0206. The summed E-state index contributed by atoms with van der Waals surface area (Å²) in [5.74, 6) is 5.17. The average Bonchev–Trinajstić information content (AvgIpc) is 2.68. The standard InChI is InChI=1S/C21H30N2O6S/c1-14-11-23(15(2)13-24)30(27,28)21-9-8-18(7-6-16(3)25)10-19(21)29-20(14)12-22(5)17(4)26/h8-10,14-16,20,24-25H,11-13H2,1-5H3/t14-,15+,16-,20-/m0/s1. The quantitative estimate of drug-likeness (QED) is 0.669. The lowest BCUT2D eigenvalue weighted by molar-refractivity contribution is -0.129. The number of aliphatic hydroxyl groups is 2. The molecule has 1 heterocycles. The van der Waals surface area contributed by atoms with Crippen molar-refractivity contribution in [2.45, 2.75) is 50.8 Å². The number of rotatable bonds is 4. The highest BCUT2D eigenvalue weighted by atomic mass is 32.2. The fourth-order valence-corrected chi connectivity index (χ4v) is 4.93. The van der Waals surface area contributed by atoms with Gasteiger partial charge in [-0.2, -0.15) is 4.31 Å². The highest BCUT2D eigenvalue weighted by molar-refractivity contribution is 7.89. The van der Waals surface area contributed by atoms with E-state index in [-0.39, 0.29) is 42.2 Å². The first-order valence-electron chi connectivity index (χ1n) is 9.82. The summed E-state index contributed by atoms with van der Waals surface area (Å²) < 4.78 is 34.1. The van der Waals surface area contributed by atoms with Crippen LogP contribution in [0.3, 0.4) is 0 Å². The molecule has 0 aromatic heterocycles. The first-order chi connectivity index (χ1) is 14.0. The number of benzene rings is 1. The van der Waals surface area contributed by atoms with Gasteiger partial charge in [-0.05, 0) is 32.0 Å². The van der Waals surface area contributed by atoms with Crippen LogP contribution in [-0.4, -0.2) is 78.7 Å². The number of amides is 1. The molecule has 0 aliphatic carbocycles. The Morgan fingerprint density at radius 1 is 1.40 bits per heavy atom. The smallest absolute Gasteiger partial charge is 0.247 e. The summed E-state index contributed by atoms with van der Waals surface area (Å²) >= 11 is 0. The third kappa shape index (κ3) is 5.52. The molecular weight excluding hydrogens is 408 g/mol. The minimum Gasteiger partial charge on any atom is -0.487 e. The van der Waals surface area contributed by atoms with Crippen molar-refractivity contribution in [3.63, 3.8) is 0 Å². The van der Waals surface area contributed by atoms with Crippen LogP contribution < -0.4 is 4.74 Å². The van der Waals surface area contributed by atoms with Crippen LogP contribution in [-0.2, 0) is 14.8 Å². The molecule has 1 amide bonds. The van der Waals surface area contributed by atoms with E-state index in [1.165, 1.54) is 35.2 Å². The third-order valence-electron chi connectivity index (χ3n) is 5.08. The van der Waals surface area contributed by atoms with E-state index in [1.807, 2.05) is 6.92 Å². The van der Waals surface area contributed by atoms with Crippen molar-refractivity contribution >= 4 is 15.9 Å². The average molecular weight is 439 g/mol. The molecule has 0 spiro atoms. The van der Waals surface area contributed by atoms with Gasteiger partial charge in [0.05, 0.1) is 13.2 Å². The number of nitrogens with zero attached hydrogens (tertiary/aromatic N) is 2. The van der Waals surface area contributed by atoms with Gasteiger partial charge in [-0.15, -0.1) is 0 Å². The molecular formula is C21H30N2O6S. The molecule has 0 radical (unpaired) electrons. The Bertz CT molecular complexity index is 935. The van der Waals surface area contributed by atoms with Gasteiger partial charge < -0.3 is 19.8 Å². The Hall–Kier alpha value is -2.12. The van der Waals surface area contributed by atoms with E-state index < -0.39 is 28.3 Å². The molecule has 1 aromatic rings. The van der Waals surface area contributed by atoms with E-state index in [2.05, 4.69) is 11.8 Å². The van der Waals surface area contributed by atoms with Gasteiger partial charge in [-0.1, -0.05) is 18.8 Å². The van der Waals surface area contributed by atoms with Crippen molar-refractivity contribution in [1.29, 1.82) is 0 Å². The van der Waals surface area contributed by atoms with Gasteiger partial charge in [-0.3, -0.25) is 4.79 Å². The summed E-state index contributed by atoms with van der Waals surface area (Å²) in [6.45, 7) is 6.59. The molecule has 0 saturated heterocycles. The largest absolute Gasteiger partial charge is 0.487 e. The van der Waals surface area contributed by atoms with Crippen LogP contribution in [0.2, 0.25) is 0 Å². The zero-order chi connectivity index (χ0) is 22.6. The predicted octanol–water partition coefficient (Wildman–Crippen LogP) is 0.666. The highest BCUT2D eigenvalue weighted by Crippen LogP contribution is 2.34. The summed E-state index contributed by atoms with van der Waals surface area (Å²) in [5.41, 5.74) is 0.499. The lowest BCUT2D eigenvalue weighted by atomic mass is 10.0. The molecule has 1 aliphatic rings. The molecule has 0 unspecified atom stereocenters. The highest BCUT2D eigenvalue weighted by Gasteiger charge is 2.38. The molecule has 8 nitrogen and oxygen atoms in total. The fourth-order valence-electron chi connectivity index (χ4n) is 3.11. The Kier molecular flexibility index (Phi) is 7.88. The number of carbonyl (C=O) groups excluding carboxylic acids is 1. The van der Waals surface area contributed by atoms with Crippen molar-refractivity contribution in [1.82, 2.24) is 9.21 Å². The molecule has 1 aliphatic heterocycles. The van der Waals surface area contributed by atoms with Crippen LogP contribution >= 0.6 is 0 Å². The van der Waals surface area contributed by atoms with Gasteiger partial charge in [0.2, 0.25) is 15.9 Å². The number of fused-ring (bicyclic) bond motifs is 1. The second kappa shape index (κ2) is 9.79. The molecule has 30 heavy (non-hydrogen) atoms. The SMILES string of the molecule is CC(=O)N(C)C[C@@H]1Oc2cc(C#C[C@H](C)O)ccc2S(=O)(=O)N([C@H](C)CO)C[C@@H]1C. The normalized spacial score (nSPS) is 22.9. The first-order valence-corrected chi connectivity index (χ1v) is 11.3. The summed E-state index contributed by atoms with van der Waals surface area (Å²) in [7, 11) is -2.27. The molecule has 1 aromatic carbocycles. The van der Waals surface area contributed by atoms with Gasteiger partial charge in [0.25, 0.3) is 0 Å². The van der Waals surface area contributed by atoms with Crippen LogP contribution in [0.1, 0.15) is 33.3 Å². The van der Waals surface area contributed by atoms with Crippen LogP contribution in [0.25, 0.3) is 0 Å². The first kappa shape index (κ1) is 24.2. The van der Waals surface area contributed by atoms with E-state index >= 15 is 0 Å². The Labute approximate surface area is 178 Å². The molecule has 9 heteroatoms. The summed E-state index contributed by atoms with van der Waals surface area (Å²) in [4.78, 5) is 13.2. The number of sulfonamides is 1. The fraction of sp³-hybridized carbons (Fsp3) is 0.571. The molecule has 2 rings (SSSR count). The van der Waals surface area contributed by atoms with E-state index in [4.69, 9.17) is 4.74 Å². The van der Waals surface area contributed by atoms with E-state index in [0.717, 1.165) is 0 Å². The summed E-state index contributed by atoms with van der Waals surface area (Å²) in [5, 5.41) is 19.0. The van der Waals surface area contributed by atoms with Crippen molar-refractivity contribution < 1.29 is 28.2 Å². The van der Waals surface area contributed by atoms with Gasteiger partial charge in [0, 0.05) is 38.0 Å². The van der Waals surface area contributed by atoms with Crippen LogP contribution in [0.5, 0.6) is 5.75 Å². The van der Waals surface area contributed by atoms with Crippen molar-refractivity contribution in [3.8, 4) is 17.6 Å². The van der Waals surface area contributed by atoms with Crippen molar-refractivity contribution in [3.05, 3.63) is 23.8 Å². The maximum absolute atomic E-state index is 13.3. The number of ether oxygens (including phenoxy) is 1. The lowest BCUT2D eigenvalue weighted by Crippen LogP contribution is -2.50.